The number of carbonyl (C=O) groups excluding carboxylic acids is 1. The van der Waals surface area contributed by atoms with Crippen molar-refractivity contribution in [1.29, 1.82) is 0 Å². The molecule has 1 aliphatic heterocycles. The number of morpholine rings is 1. The Balaban J connectivity index is 1.76. The number of rotatable bonds is 5. The van der Waals surface area contributed by atoms with Gasteiger partial charge in [-0.1, -0.05) is 53.0 Å². The van der Waals surface area contributed by atoms with Crippen molar-refractivity contribution in [2.24, 2.45) is 0 Å². The van der Waals surface area contributed by atoms with E-state index in [1.807, 2.05) is 24.3 Å². The molecule has 0 spiro atoms. The van der Waals surface area contributed by atoms with E-state index in [9.17, 15) is 4.79 Å². The van der Waals surface area contributed by atoms with Gasteiger partial charge in [0, 0.05) is 24.7 Å². The van der Waals surface area contributed by atoms with Crippen molar-refractivity contribution in [1.82, 2.24) is 10.2 Å². The van der Waals surface area contributed by atoms with Crippen LogP contribution in [-0.2, 0) is 4.74 Å². The topological polar surface area (TPSA) is 41.6 Å². The third-order valence-electron chi connectivity index (χ3n) is 4.39. The van der Waals surface area contributed by atoms with E-state index in [2.05, 4.69) is 10.2 Å². The standard InChI is InChI=1S/C19H19Cl3N2O2/c20-14-6-4-13(5-7-14)17(24-8-10-26-11-9-24)12-23-19(25)15-2-1-3-16(21)18(15)22/h1-7,17H,8-12H2,(H,23,25). The second-order valence-electron chi connectivity index (χ2n) is 6.03. The third-order valence-corrected chi connectivity index (χ3v) is 5.46. The van der Waals surface area contributed by atoms with Gasteiger partial charge in [-0.15, -0.1) is 0 Å². The van der Waals surface area contributed by atoms with Crippen LogP contribution in [0.1, 0.15) is 22.0 Å². The fraction of sp³-hybridized carbons (Fsp3) is 0.316. The van der Waals surface area contributed by atoms with Gasteiger partial charge in [-0.05, 0) is 29.8 Å². The molecule has 7 heteroatoms. The molecule has 1 saturated heterocycles. The Morgan fingerprint density at radius 3 is 2.46 bits per heavy atom. The second-order valence-corrected chi connectivity index (χ2v) is 7.25. The quantitative estimate of drug-likeness (QED) is 0.787. The molecule has 3 rings (SSSR count). The number of carbonyl (C=O) groups is 1. The highest BCUT2D eigenvalue weighted by atomic mass is 35.5. The molecule has 1 amide bonds. The molecule has 0 aliphatic carbocycles. The summed E-state index contributed by atoms with van der Waals surface area (Å²) >= 11 is 18.2. The fourth-order valence-electron chi connectivity index (χ4n) is 3.00. The van der Waals surface area contributed by atoms with Crippen molar-refractivity contribution in [2.75, 3.05) is 32.8 Å². The van der Waals surface area contributed by atoms with Crippen LogP contribution in [0.5, 0.6) is 0 Å². The van der Waals surface area contributed by atoms with Gasteiger partial charge in [0.15, 0.2) is 0 Å². The van der Waals surface area contributed by atoms with Crippen molar-refractivity contribution in [3.8, 4) is 0 Å². The van der Waals surface area contributed by atoms with Crippen LogP contribution in [0.3, 0.4) is 0 Å². The minimum absolute atomic E-state index is 0.0260. The van der Waals surface area contributed by atoms with E-state index in [0.29, 0.717) is 35.4 Å². The van der Waals surface area contributed by atoms with Crippen LogP contribution in [0.25, 0.3) is 0 Å². The molecule has 0 radical (unpaired) electrons. The number of halogens is 3. The zero-order chi connectivity index (χ0) is 18.5. The van der Waals surface area contributed by atoms with Crippen molar-refractivity contribution < 1.29 is 9.53 Å². The fourth-order valence-corrected chi connectivity index (χ4v) is 3.51. The van der Waals surface area contributed by atoms with E-state index in [1.165, 1.54) is 0 Å². The number of amides is 1. The molecule has 1 N–H and O–H groups in total. The molecular formula is C19H19Cl3N2O2. The van der Waals surface area contributed by atoms with Crippen molar-refractivity contribution in [3.05, 3.63) is 68.7 Å². The summed E-state index contributed by atoms with van der Waals surface area (Å²) in [7, 11) is 0. The summed E-state index contributed by atoms with van der Waals surface area (Å²) in [6.45, 7) is 3.42. The van der Waals surface area contributed by atoms with Gasteiger partial charge in [0.25, 0.3) is 5.91 Å². The summed E-state index contributed by atoms with van der Waals surface area (Å²) in [5, 5.41) is 4.29. The van der Waals surface area contributed by atoms with Gasteiger partial charge in [0.1, 0.15) is 0 Å². The number of hydrogen-bond acceptors (Lipinski definition) is 3. The summed E-state index contributed by atoms with van der Waals surface area (Å²) in [4.78, 5) is 14.9. The number of nitrogens with one attached hydrogen (secondary N) is 1. The molecule has 1 unspecified atom stereocenters. The molecule has 1 heterocycles. The van der Waals surface area contributed by atoms with Crippen molar-refractivity contribution in [2.45, 2.75) is 6.04 Å². The molecule has 1 aliphatic rings. The maximum absolute atomic E-state index is 12.6. The molecular weight excluding hydrogens is 395 g/mol. The molecule has 4 nitrogen and oxygen atoms in total. The molecule has 0 bridgehead atoms. The van der Waals surface area contributed by atoms with Gasteiger partial charge in [0.05, 0.1) is 34.9 Å². The Labute approximate surface area is 168 Å². The van der Waals surface area contributed by atoms with Crippen LogP contribution in [0.4, 0.5) is 0 Å². The van der Waals surface area contributed by atoms with Gasteiger partial charge >= 0.3 is 0 Å². The van der Waals surface area contributed by atoms with Crippen LogP contribution in [0.15, 0.2) is 42.5 Å². The lowest BCUT2D eigenvalue weighted by molar-refractivity contribution is 0.0162. The first-order chi connectivity index (χ1) is 12.6. The average molecular weight is 414 g/mol. The molecule has 0 saturated carbocycles. The molecule has 1 fully saturated rings. The summed E-state index contributed by atoms with van der Waals surface area (Å²) < 4.78 is 5.45. The molecule has 1 atom stereocenters. The Morgan fingerprint density at radius 1 is 1.08 bits per heavy atom. The second kappa shape index (κ2) is 9.07. The minimum atomic E-state index is -0.246. The number of ether oxygens (including phenoxy) is 1. The van der Waals surface area contributed by atoms with Crippen LogP contribution < -0.4 is 5.32 Å². The van der Waals surface area contributed by atoms with E-state index >= 15 is 0 Å². The zero-order valence-corrected chi connectivity index (χ0v) is 16.3. The van der Waals surface area contributed by atoms with Gasteiger partial charge in [-0.2, -0.15) is 0 Å². The smallest absolute Gasteiger partial charge is 0.252 e. The Kier molecular flexibility index (Phi) is 6.79. The van der Waals surface area contributed by atoms with Crippen molar-refractivity contribution >= 4 is 40.7 Å². The lowest BCUT2D eigenvalue weighted by Gasteiger charge is -2.35. The molecule has 138 valence electrons. The van der Waals surface area contributed by atoms with E-state index in [1.54, 1.807) is 18.2 Å². The van der Waals surface area contributed by atoms with Gasteiger partial charge < -0.3 is 10.1 Å². The van der Waals surface area contributed by atoms with E-state index in [0.717, 1.165) is 18.7 Å². The van der Waals surface area contributed by atoms with Gasteiger partial charge in [-0.25, -0.2) is 0 Å². The third kappa shape index (κ3) is 4.70. The summed E-state index contributed by atoms with van der Waals surface area (Å²) in [6, 6.07) is 12.8. The SMILES string of the molecule is O=C(NCC(c1ccc(Cl)cc1)N1CCOCC1)c1cccc(Cl)c1Cl. The Bertz CT molecular complexity index is 762. The average Bonchev–Trinajstić information content (AvgIpc) is 2.66. The largest absolute Gasteiger partial charge is 0.379 e. The highest BCUT2D eigenvalue weighted by Crippen LogP contribution is 2.26. The summed E-state index contributed by atoms with van der Waals surface area (Å²) in [6.07, 6.45) is 0. The first-order valence-corrected chi connectivity index (χ1v) is 9.49. The predicted molar refractivity (Wildman–Crippen MR) is 105 cm³/mol. The lowest BCUT2D eigenvalue weighted by Crippen LogP contribution is -2.43. The van der Waals surface area contributed by atoms with Crippen LogP contribution in [0.2, 0.25) is 15.1 Å². The van der Waals surface area contributed by atoms with Gasteiger partial charge in [-0.3, -0.25) is 9.69 Å². The van der Waals surface area contributed by atoms with E-state index in [-0.39, 0.29) is 17.0 Å². The Hall–Kier alpha value is -1.30. The molecule has 0 aromatic heterocycles. The Morgan fingerprint density at radius 2 is 1.77 bits per heavy atom. The highest BCUT2D eigenvalue weighted by molar-refractivity contribution is 6.43. The normalized spacial score (nSPS) is 16.3. The predicted octanol–water partition coefficient (Wildman–Crippen LogP) is 4.45. The summed E-state index contributed by atoms with van der Waals surface area (Å²) in [5.41, 5.74) is 1.46. The van der Waals surface area contributed by atoms with Crippen LogP contribution in [0, 0.1) is 0 Å². The molecule has 2 aromatic carbocycles. The first kappa shape index (κ1) is 19.5. The summed E-state index contributed by atoms with van der Waals surface area (Å²) in [5.74, 6) is -0.246. The zero-order valence-electron chi connectivity index (χ0n) is 14.1. The van der Waals surface area contributed by atoms with Gasteiger partial charge in [0.2, 0.25) is 0 Å². The maximum Gasteiger partial charge on any atom is 0.252 e. The highest BCUT2D eigenvalue weighted by Gasteiger charge is 2.24. The van der Waals surface area contributed by atoms with Crippen LogP contribution >= 0.6 is 34.8 Å². The number of nitrogens with zero attached hydrogens (tertiary/aromatic N) is 1. The number of hydrogen-bond donors (Lipinski definition) is 1. The van der Waals surface area contributed by atoms with Crippen molar-refractivity contribution in [3.63, 3.8) is 0 Å². The van der Waals surface area contributed by atoms with Crippen LogP contribution in [-0.4, -0.2) is 43.7 Å². The van der Waals surface area contributed by atoms with E-state index in [4.69, 9.17) is 39.5 Å². The lowest BCUT2D eigenvalue weighted by atomic mass is 10.0. The first-order valence-electron chi connectivity index (χ1n) is 8.35. The molecule has 2 aromatic rings. The molecule has 26 heavy (non-hydrogen) atoms. The van der Waals surface area contributed by atoms with E-state index < -0.39 is 0 Å². The monoisotopic (exact) mass is 412 g/mol. The maximum atomic E-state index is 12.6. The minimum Gasteiger partial charge on any atom is -0.379 e. The number of benzene rings is 2.